The Labute approximate surface area is 188 Å². The van der Waals surface area contributed by atoms with E-state index < -0.39 is 0 Å². The highest BCUT2D eigenvalue weighted by Gasteiger charge is 2.14. The summed E-state index contributed by atoms with van der Waals surface area (Å²) in [5.74, 6) is 3.18. The summed E-state index contributed by atoms with van der Waals surface area (Å²) in [6.07, 6.45) is 7.02. The van der Waals surface area contributed by atoms with Crippen molar-refractivity contribution in [1.82, 2.24) is 40.4 Å². The topological polar surface area (TPSA) is 98.1 Å². The number of aryl methyl sites for hydroxylation is 2. The van der Waals surface area contributed by atoms with Gasteiger partial charge < -0.3 is 0 Å². The number of rotatable bonds is 10. The zero-order valence-corrected chi connectivity index (χ0v) is 19.0. The number of nitrogens with zero attached hydrogens (tertiary/aromatic N) is 7. The fraction of sp³-hybridized carbons (Fsp3) is 0.417. The van der Waals surface area contributed by atoms with Crippen molar-refractivity contribution >= 4 is 0 Å². The molecule has 0 atom stereocenters. The number of aromatic nitrogens is 8. The molecule has 8 heteroatoms. The third kappa shape index (κ3) is 5.25. The SMILES string of the molecule is CCCCc1nc(CCC(C)C)nn1Cc1ccc(-c2cccnc2-c2nn[nH]n2)cc1. The van der Waals surface area contributed by atoms with Gasteiger partial charge in [0.25, 0.3) is 0 Å². The second-order valence-electron chi connectivity index (χ2n) is 8.47. The van der Waals surface area contributed by atoms with Gasteiger partial charge in [0.2, 0.25) is 5.82 Å². The highest BCUT2D eigenvalue weighted by molar-refractivity contribution is 5.77. The molecule has 0 radical (unpaired) electrons. The van der Waals surface area contributed by atoms with Gasteiger partial charge >= 0.3 is 0 Å². The predicted octanol–water partition coefficient (Wildman–Crippen LogP) is 4.50. The molecule has 0 aliphatic heterocycles. The molecular formula is C24H30N8. The molecule has 4 aromatic rings. The van der Waals surface area contributed by atoms with Crippen LogP contribution in [0.15, 0.2) is 42.6 Å². The van der Waals surface area contributed by atoms with E-state index in [0.29, 0.717) is 17.4 Å². The molecule has 166 valence electrons. The first-order valence-electron chi connectivity index (χ1n) is 11.3. The third-order valence-electron chi connectivity index (χ3n) is 5.45. The van der Waals surface area contributed by atoms with E-state index in [2.05, 4.69) is 75.3 Å². The predicted molar refractivity (Wildman–Crippen MR) is 124 cm³/mol. The Bertz CT molecular complexity index is 1110. The molecule has 0 aliphatic rings. The van der Waals surface area contributed by atoms with Crippen LogP contribution in [-0.4, -0.2) is 40.4 Å². The molecule has 0 unspecified atom stereocenters. The van der Waals surface area contributed by atoms with E-state index in [9.17, 15) is 0 Å². The monoisotopic (exact) mass is 430 g/mol. The van der Waals surface area contributed by atoms with Gasteiger partial charge in [0, 0.05) is 24.6 Å². The molecule has 0 aliphatic carbocycles. The Morgan fingerprint density at radius 1 is 1.06 bits per heavy atom. The highest BCUT2D eigenvalue weighted by Crippen LogP contribution is 2.28. The number of nitrogens with one attached hydrogen (secondary N) is 1. The minimum atomic E-state index is 0.488. The van der Waals surface area contributed by atoms with Crippen molar-refractivity contribution in [3.63, 3.8) is 0 Å². The number of aromatic amines is 1. The zero-order chi connectivity index (χ0) is 22.3. The molecule has 32 heavy (non-hydrogen) atoms. The second-order valence-corrected chi connectivity index (χ2v) is 8.47. The molecule has 0 saturated carbocycles. The summed E-state index contributed by atoms with van der Waals surface area (Å²) >= 11 is 0. The summed E-state index contributed by atoms with van der Waals surface area (Å²) in [7, 11) is 0. The molecule has 0 saturated heterocycles. The fourth-order valence-corrected chi connectivity index (χ4v) is 3.64. The van der Waals surface area contributed by atoms with Gasteiger partial charge in [0.15, 0.2) is 5.82 Å². The lowest BCUT2D eigenvalue weighted by atomic mass is 10.0. The Kier molecular flexibility index (Phi) is 6.99. The molecule has 8 nitrogen and oxygen atoms in total. The van der Waals surface area contributed by atoms with Crippen LogP contribution in [0.2, 0.25) is 0 Å². The summed E-state index contributed by atoms with van der Waals surface area (Å²) in [6.45, 7) is 7.41. The van der Waals surface area contributed by atoms with Gasteiger partial charge in [-0.3, -0.25) is 4.98 Å². The highest BCUT2D eigenvalue weighted by atomic mass is 15.5. The molecule has 3 aromatic heterocycles. The first-order valence-corrected chi connectivity index (χ1v) is 11.3. The van der Waals surface area contributed by atoms with Crippen molar-refractivity contribution in [2.24, 2.45) is 5.92 Å². The van der Waals surface area contributed by atoms with Gasteiger partial charge in [0.1, 0.15) is 11.5 Å². The standard InChI is InChI=1S/C24H30N8/c1-4-5-8-22-26-21(14-9-17(2)3)29-32(22)16-18-10-12-19(13-11-18)20-7-6-15-25-23(20)24-27-30-31-28-24/h6-7,10-13,15,17H,4-5,8-9,14,16H2,1-3H3,(H,27,28,30,31). The number of unbranched alkanes of at least 4 members (excludes halogenated alkanes) is 1. The van der Waals surface area contributed by atoms with Gasteiger partial charge in [-0.25, -0.2) is 9.67 Å². The molecule has 0 amide bonds. The third-order valence-corrected chi connectivity index (χ3v) is 5.45. The largest absolute Gasteiger partial charge is 0.252 e. The molecule has 0 bridgehead atoms. The lowest BCUT2D eigenvalue weighted by Crippen LogP contribution is -2.07. The smallest absolute Gasteiger partial charge is 0.223 e. The van der Waals surface area contributed by atoms with Crippen molar-refractivity contribution in [3.8, 4) is 22.6 Å². The number of pyridine rings is 1. The van der Waals surface area contributed by atoms with E-state index in [4.69, 9.17) is 10.1 Å². The number of hydrogen-bond donors (Lipinski definition) is 1. The minimum Gasteiger partial charge on any atom is -0.252 e. The van der Waals surface area contributed by atoms with Gasteiger partial charge in [-0.15, -0.1) is 10.2 Å². The average molecular weight is 431 g/mol. The van der Waals surface area contributed by atoms with Crippen LogP contribution >= 0.6 is 0 Å². The summed E-state index contributed by atoms with van der Waals surface area (Å²) in [5.41, 5.74) is 3.93. The summed E-state index contributed by atoms with van der Waals surface area (Å²) in [4.78, 5) is 9.29. The van der Waals surface area contributed by atoms with Crippen LogP contribution < -0.4 is 0 Å². The summed E-state index contributed by atoms with van der Waals surface area (Å²) in [5, 5.41) is 19.1. The first kappa shape index (κ1) is 21.8. The van der Waals surface area contributed by atoms with E-state index >= 15 is 0 Å². The van der Waals surface area contributed by atoms with Crippen LogP contribution in [0.3, 0.4) is 0 Å². The number of hydrogen-bond acceptors (Lipinski definition) is 6. The first-order chi connectivity index (χ1) is 15.6. The molecule has 4 rings (SSSR count). The van der Waals surface area contributed by atoms with Crippen molar-refractivity contribution in [1.29, 1.82) is 0 Å². The van der Waals surface area contributed by atoms with Crippen molar-refractivity contribution in [2.45, 2.75) is 59.4 Å². The van der Waals surface area contributed by atoms with Gasteiger partial charge in [0.05, 0.1) is 6.54 Å². The van der Waals surface area contributed by atoms with Crippen LogP contribution in [0.5, 0.6) is 0 Å². The fourth-order valence-electron chi connectivity index (χ4n) is 3.64. The maximum Gasteiger partial charge on any atom is 0.223 e. The molecule has 3 heterocycles. The van der Waals surface area contributed by atoms with Crippen LogP contribution in [0.25, 0.3) is 22.6 Å². The maximum absolute atomic E-state index is 4.84. The second kappa shape index (κ2) is 10.3. The number of tetrazole rings is 1. The number of H-pyrrole nitrogens is 1. The zero-order valence-electron chi connectivity index (χ0n) is 19.0. The lowest BCUT2D eigenvalue weighted by molar-refractivity contribution is 0.567. The average Bonchev–Trinajstić information content (AvgIpc) is 3.47. The molecule has 0 fully saturated rings. The molecule has 0 spiro atoms. The van der Waals surface area contributed by atoms with Gasteiger partial charge in [-0.2, -0.15) is 10.3 Å². The Hall–Kier alpha value is -3.42. The van der Waals surface area contributed by atoms with Crippen LogP contribution in [0.4, 0.5) is 0 Å². The molecular weight excluding hydrogens is 400 g/mol. The van der Waals surface area contributed by atoms with E-state index in [-0.39, 0.29) is 0 Å². The van der Waals surface area contributed by atoms with E-state index in [1.807, 2.05) is 12.1 Å². The molecule has 1 N–H and O–H groups in total. The maximum atomic E-state index is 4.84. The van der Waals surface area contributed by atoms with Crippen LogP contribution in [-0.2, 0) is 19.4 Å². The van der Waals surface area contributed by atoms with Crippen LogP contribution in [0.1, 0.15) is 57.2 Å². The number of benzene rings is 1. The minimum absolute atomic E-state index is 0.488. The Morgan fingerprint density at radius 2 is 1.91 bits per heavy atom. The Morgan fingerprint density at radius 3 is 2.62 bits per heavy atom. The van der Waals surface area contributed by atoms with Gasteiger partial charge in [-0.05, 0) is 41.2 Å². The summed E-state index contributed by atoms with van der Waals surface area (Å²) in [6, 6.07) is 12.4. The van der Waals surface area contributed by atoms with Gasteiger partial charge in [-0.1, -0.05) is 57.5 Å². The normalized spacial score (nSPS) is 11.4. The Balaban J connectivity index is 1.54. The van der Waals surface area contributed by atoms with E-state index in [0.717, 1.165) is 61.4 Å². The van der Waals surface area contributed by atoms with Crippen LogP contribution in [0, 0.1) is 5.92 Å². The molecule has 1 aromatic carbocycles. The van der Waals surface area contributed by atoms with E-state index in [1.165, 1.54) is 5.56 Å². The van der Waals surface area contributed by atoms with Crippen molar-refractivity contribution in [3.05, 3.63) is 59.8 Å². The van der Waals surface area contributed by atoms with Crippen molar-refractivity contribution < 1.29 is 0 Å². The summed E-state index contributed by atoms with van der Waals surface area (Å²) < 4.78 is 2.08. The quantitative estimate of drug-likeness (QED) is 0.398. The lowest BCUT2D eigenvalue weighted by Gasteiger charge is -2.09. The van der Waals surface area contributed by atoms with Crippen molar-refractivity contribution in [2.75, 3.05) is 0 Å². The van der Waals surface area contributed by atoms with E-state index in [1.54, 1.807) is 6.20 Å².